The molecule has 1 saturated heterocycles. The Hall–Kier alpha value is -4.20. The van der Waals surface area contributed by atoms with Crippen molar-refractivity contribution in [1.29, 1.82) is 0 Å². The molecule has 11 nitrogen and oxygen atoms in total. The van der Waals surface area contributed by atoms with E-state index in [0.717, 1.165) is 89.9 Å². The van der Waals surface area contributed by atoms with Crippen LogP contribution in [-0.2, 0) is 23.8 Å². The van der Waals surface area contributed by atoms with Gasteiger partial charge in [0.15, 0.2) is 12.4 Å². The zero-order chi connectivity index (χ0) is 53.3. The lowest BCUT2D eigenvalue weighted by atomic mass is 9.99. The van der Waals surface area contributed by atoms with Crippen LogP contribution in [0.3, 0.4) is 0 Å². The van der Waals surface area contributed by atoms with Gasteiger partial charge in [-0.2, -0.15) is 0 Å². The second kappa shape index (κ2) is 48.7. The Balaban J connectivity index is 2.80. The summed E-state index contributed by atoms with van der Waals surface area (Å²) in [6.45, 7) is 5.43. The fourth-order valence-electron chi connectivity index (χ4n) is 7.74. The lowest BCUT2D eigenvalue weighted by Crippen LogP contribution is -2.61. The van der Waals surface area contributed by atoms with E-state index in [1.807, 2.05) is 54.7 Å². The van der Waals surface area contributed by atoms with Crippen molar-refractivity contribution in [2.24, 2.45) is 0 Å². The Kier molecular flexibility index (Phi) is 44.6. The van der Waals surface area contributed by atoms with Gasteiger partial charge in [-0.25, -0.2) is 0 Å². The van der Waals surface area contributed by atoms with Gasteiger partial charge in [-0.05, 0) is 83.5 Å². The highest BCUT2D eigenvalue weighted by Crippen LogP contribution is 2.26. The van der Waals surface area contributed by atoms with Crippen molar-refractivity contribution < 1.29 is 49.3 Å². The van der Waals surface area contributed by atoms with E-state index in [9.17, 15) is 35.1 Å². The molecule has 1 fully saturated rings. The lowest BCUT2D eigenvalue weighted by Gasteiger charge is -2.41. The standard InChI is InChI=1S/C62H99NO10/c1-4-7-10-13-16-19-22-24-26-27-28-29-30-32-35-38-41-44-47-50-57(67)73-60-59(69)58(68)56(51-64)72-62(60)71-52-53(54(65)48-45-42-39-36-33-21-18-15-12-9-6-3)63-61(70)55(66)49-46-43-40-37-34-31-25-23-20-17-14-11-8-5-2/h7-8,10-11,14,16-17,19-20,23-26,28-29,31-32,35,41,44-45,48,53-56,58-60,62,64-66,68-69H,4-6,9,12-13,15,18,21-22,27,30,33-34,36-40,42-43,46-47,49-52H2,1-3H3,(H,63,70)/b10-7-,11-8+,17-14+,19-16-,23-20+,26-24-,29-28-,31-25-,35-32-,44-41-,48-45+. The zero-order valence-electron chi connectivity index (χ0n) is 45.2. The lowest BCUT2D eigenvalue weighted by molar-refractivity contribution is -0.305. The third-order valence-corrected chi connectivity index (χ3v) is 12.2. The number of hydrogen-bond acceptors (Lipinski definition) is 10. The molecule has 1 aliphatic heterocycles. The zero-order valence-corrected chi connectivity index (χ0v) is 45.2. The molecule has 0 saturated carbocycles. The molecule has 1 amide bonds. The quantitative estimate of drug-likeness (QED) is 0.0149. The topological polar surface area (TPSA) is 175 Å². The van der Waals surface area contributed by atoms with Gasteiger partial charge in [-0.1, -0.05) is 225 Å². The number of amides is 1. The van der Waals surface area contributed by atoms with Crippen molar-refractivity contribution >= 4 is 11.9 Å². The van der Waals surface area contributed by atoms with Gasteiger partial charge >= 0.3 is 5.97 Å². The fraction of sp³-hybridized carbons (Fsp3) is 0.613. The number of esters is 1. The van der Waals surface area contributed by atoms with E-state index in [4.69, 9.17) is 14.2 Å². The molecule has 8 unspecified atom stereocenters. The van der Waals surface area contributed by atoms with Crippen molar-refractivity contribution in [1.82, 2.24) is 5.32 Å². The Morgan fingerprint density at radius 3 is 1.62 bits per heavy atom. The van der Waals surface area contributed by atoms with Crippen LogP contribution in [0.4, 0.5) is 0 Å². The van der Waals surface area contributed by atoms with E-state index < -0.39 is 67.4 Å². The fourth-order valence-corrected chi connectivity index (χ4v) is 7.74. The van der Waals surface area contributed by atoms with E-state index in [-0.39, 0.29) is 19.4 Å². The first-order valence-electron chi connectivity index (χ1n) is 28.0. The van der Waals surface area contributed by atoms with E-state index in [0.29, 0.717) is 19.3 Å². The molecular weight excluding hydrogens is 919 g/mol. The van der Waals surface area contributed by atoms with Crippen LogP contribution in [0.25, 0.3) is 0 Å². The molecule has 73 heavy (non-hydrogen) atoms. The van der Waals surface area contributed by atoms with Crippen molar-refractivity contribution in [3.63, 3.8) is 0 Å². The number of nitrogens with one attached hydrogen (secondary N) is 1. The first-order valence-corrected chi connectivity index (χ1v) is 28.0. The first-order chi connectivity index (χ1) is 35.7. The normalized spacial score (nSPS) is 20.5. The molecule has 8 atom stereocenters. The summed E-state index contributed by atoms with van der Waals surface area (Å²) < 4.78 is 17.5. The number of carbonyl (C=O) groups is 2. The third-order valence-electron chi connectivity index (χ3n) is 12.2. The monoisotopic (exact) mass is 1020 g/mol. The van der Waals surface area contributed by atoms with Crippen LogP contribution in [0.1, 0.15) is 181 Å². The van der Waals surface area contributed by atoms with Gasteiger partial charge in [0, 0.05) is 6.42 Å². The summed E-state index contributed by atoms with van der Waals surface area (Å²) in [7, 11) is 0. The van der Waals surface area contributed by atoms with Crippen LogP contribution < -0.4 is 5.32 Å². The van der Waals surface area contributed by atoms with Gasteiger partial charge in [0.05, 0.1) is 25.4 Å². The minimum absolute atomic E-state index is 0.0129. The minimum atomic E-state index is -1.66. The molecule has 1 heterocycles. The number of rotatable bonds is 44. The number of ether oxygens (including phenoxy) is 3. The second-order valence-corrected chi connectivity index (χ2v) is 18.6. The molecule has 6 N–H and O–H groups in total. The van der Waals surface area contributed by atoms with Gasteiger partial charge in [0.2, 0.25) is 5.91 Å². The van der Waals surface area contributed by atoms with Gasteiger partial charge in [0.25, 0.3) is 0 Å². The van der Waals surface area contributed by atoms with Crippen LogP contribution in [0.15, 0.2) is 134 Å². The summed E-state index contributed by atoms with van der Waals surface area (Å²) in [5.41, 5.74) is 0. The van der Waals surface area contributed by atoms with E-state index in [1.54, 1.807) is 6.08 Å². The van der Waals surface area contributed by atoms with E-state index >= 15 is 0 Å². The second-order valence-electron chi connectivity index (χ2n) is 18.6. The van der Waals surface area contributed by atoms with Crippen molar-refractivity contribution in [2.75, 3.05) is 13.2 Å². The summed E-state index contributed by atoms with van der Waals surface area (Å²) >= 11 is 0. The molecule has 0 aliphatic carbocycles. The molecule has 1 rings (SSSR count). The Morgan fingerprint density at radius 1 is 0.562 bits per heavy atom. The van der Waals surface area contributed by atoms with Gasteiger partial charge in [0.1, 0.15) is 24.4 Å². The largest absolute Gasteiger partial charge is 0.454 e. The third kappa shape index (κ3) is 37.2. The van der Waals surface area contributed by atoms with Gasteiger partial charge in [-0.3, -0.25) is 9.59 Å². The molecule has 0 aromatic heterocycles. The maximum atomic E-state index is 13.3. The Bertz CT molecular complexity index is 1690. The highest BCUT2D eigenvalue weighted by Gasteiger charge is 2.47. The molecule has 0 spiro atoms. The summed E-state index contributed by atoms with van der Waals surface area (Å²) in [5.74, 6) is -1.32. The smallest absolute Gasteiger partial charge is 0.306 e. The number of allylic oxidation sites excluding steroid dienone is 21. The van der Waals surface area contributed by atoms with Gasteiger partial charge in [-0.15, -0.1) is 0 Å². The number of hydrogen-bond donors (Lipinski definition) is 6. The number of carbonyl (C=O) groups excluding carboxylic acids is 2. The predicted octanol–water partition coefficient (Wildman–Crippen LogP) is 12.5. The molecular formula is C62H99NO10. The highest BCUT2D eigenvalue weighted by atomic mass is 16.7. The molecule has 412 valence electrons. The van der Waals surface area contributed by atoms with Crippen molar-refractivity contribution in [2.45, 2.75) is 230 Å². The number of aliphatic hydroxyl groups is 5. The molecule has 0 bridgehead atoms. The van der Waals surface area contributed by atoms with Crippen LogP contribution >= 0.6 is 0 Å². The Labute approximate surface area is 442 Å². The summed E-state index contributed by atoms with van der Waals surface area (Å²) in [6, 6.07) is -1.06. The summed E-state index contributed by atoms with van der Waals surface area (Å²) in [6.07, 6.45) is 57.9. The van der Waals surface area contributed by atoms with Gasteiger partial charge < -0.3 is 45.1 Å². The molecule has 0 aromatic rings. The van der Waals surface area contributed by atoms with E-state index in [2.05, 4.69) is 99.0 Å². The molecule has 0 aromatic carbocycles. The molecule has 0 radical (unpaired) electrons. The minimum Gasteiger partial charge on any atom is -0.454 e. The van der Waals surface area contributed by atoms with Crippen molar-refractivity contribution in [3.8, 4) is 0 Å². The van der Waals surface area contributed by atoms with Crippen LogP contribution in [0, 0.1) is 0 Å². The number of aliphatic hydroxyl groups excluding tert-OH is 5. The summed E-state index contributed by atoms with van der Waals surface area (Å²) in [5, 5.41) is 56.7. The van der Waals surface area contributed by atoms with Crippen LogP contribution in [0.5, 0.6) is 0 Å². The molecule has 11 heteroatoms. The van der Waals surface area contributed by atoms with Crippen LogP contribution in [0.2, 0.25) is 0 Å². The Morgan fingerprint density at radius 2 is 1.05 bits per heavy atom. The molecule has 1 aliphatic rings. The maximum absolute atomic E-state index is 13.3. The first kappa shape index (κ1) is 66.8. The average Bonchev–Trinajstić information content (AvgIpc) is 3.39. The van der Waals surface area contributed by atoms with Crippen LogP contribution in [-0.4, -0.2) is 99.6 Å². The predicted molar refractivity (Wildman–Crippen MR) is 301 cm³/mol. The maximum Gasteiger partial charge on any atom is 0.306 e. The van der Waals surface area contributed by atoms with E-state index in [1.165, 1.54) is 38.5 Å². The SMILES string of the molecule is CC/C=C\C/C=C\C/C=C\C/C=C\C/C=C\C/C=C\CCC(=O)OC1C(OCC(NC(=O)C(O)CCCCCC\C=C/C=C/C=C/C=C/CC)C(O)/C=C/CCCCCCCCCCC)OC(CO)C(O)C1O. The van der Waals surface area contributed by atoms with Crippen molar-refractivity contribution in [3.05, 3.63) is 134 Å². The summed E-state index contributed by atoms with van der Waals surface area (Å²) in [4.78, 5) is 26.4. The highest BCUT2D eigenvalue weighted by molar-refractivity contribution is 5.80. The average molecular weight is 1020 g/mol. The number of unbranched alkanes of at least 4 members (excludes halogenated alkanes) is 13.